The molecule has 0 aliphatic carbocycles. The average molecular weight is 449 g/mol. The van der Waals surface area contributed by atoms with Gasteiger partial charge in [-0.25, -0.2) is 8.42 Å². The van der Waals surface area contributed by atoms with E-state index in [4.69, 9.17) is 14.2 Å². The molecule has 2 aromatic rings. The van der Waals surface area contributed by atoms with E-state index in [2.05, 4.69) is 5.32 Å². The number of nitrogens with zero attached hydrogens (tertiary/aromatic N) is 1. The first-order valence-electron chi connectivity index (χ1n) is 9.83. The van der Waals surface area contributed by atoms with Gasteiger partial charge in [0, 0.05) is 25.1 Å². The van der Waals surface area contributed by atoms with E-state index >= 15 is 0 Å². The Hall–Kier alpha value is -2.78. The molecule has 0 saturated carbocycles. The molecule has 1 atom stereocenters. The van der Waals surface area contributed by atoms with E-state index in [0.29, 0.717) is 17.9 Å². The fourth-order valence-electron chi connectivity index (χ4n) is 3.62. The van der Waals surface area contributed by atoms with Crippen LogP contribution in [0.15, 0.2) is 47.4 Å². The summed E-state index contributed by atoms with van der Waals surface area (Å²) >= 11 is 0. The van der Waals surface area contributed by atoms with Crippen molar-refractivity contribution in [3.63, 3.8) is 0 Å². The van der Waals surface area contributed by atoms with Gasteiger partial charge in [0.05, 0.1) is 31.7 Å². The van der Waals surface area contributed by atoms with Crippen LogP contribution in [0.2, 0.25) is 0 Å². The largest absolute Gasteiger partial charge is 0.493 e. The van der Waals surface area contributed by atoms with Gasteiger partial charge in [0.1, 0.15) is 11.4 Å². The zero-order chi connectivity index (χ0) is 22.8. The molecular weight excluding hydrogens is 420 g/mol. The van der Waals surface area contributed by atoms with E-state index in [9.17, 15) is 13.2 Å². The lowest BCUT2D eigenvalue weighted by atomic mass is 9.89. The number of amides is 1. The number of ether oxygens (including phenoxy) is 3. The zero-order valence-electron chi connectivity index (χ0n) is 18.3. The first-order chi connectivity index (χ1) is 14.6. The Bertz CT molecular complexity index is 1070. The highest BCUT2D eigenvalue weighted by Crippen LogP contribution is 2.39. The predicted octanol–water partition coefficient (Wildman–Crippen LogP) is 2.74. The van der Waals surface area contributed by atoms with Gasteiger partial charge in [-0.15, -0.1) is 0 Å². The lowest BCUT2D eigenvalue weighted by Crippen LogP contribution is -2.44. The normalized spacial score (nSPS) is 17.4. The topological polar surface area (TPSA) is 94.2 Å². The Kier molecular flexibility index (Phi) is 6.47. The summed E-state index contributed by atoms with van der Waals surface area (Å²) in [5, 5.41) is 2.96. The maximum Gasteiger partial charge on any atom is 0.243 e. The number of methoxy groups -OCH3 is 2. The number of hydrogen-bond donors (Lipinski definition) is 1. The minimum Gasteiger partial charge on any atom is -0.493 e. The molecule has 0 fully saturated rings. The summed E-state index contributed by atoms with van der Waals surface area (Å²) in [5.74, 6) is 1.03. The molecule has 1 aliphatic heterocycles. The third-order valence-corrected chi connectivity index (χ3v) is 6.94. The fraction of sp³-hybridized carbons (Fsp3) is 0.409. The number of likely N-dealkylation sites (N-methyl/N-ethyl adjacent to an activating group) is 1. The van der Waals surface area contributed by atoms with Crippen LogP contribution in [0.4, 0.5) is 0 Å². The van der Waals surface area contributed by atoms with Crippen LogP contribution in [-0.2, 0) is 14.8 Å². The van der Waals surface area contributed by atoms with Crippen LogP contribution < -0.4 is 19.5 Å². The van der Waals surface area contributed by atoms with Crippen molar-refractivity contribution in [2.24, 2.45) is 0 Å². The second-order valence-corrected chi connectivity index (χ2v) is 10.0. The van der Waals surface area contributed by atoms with E-state index in [1.54, 1.807) is 0 Å². The summed E-state index contributed by atoms with van der Waals surface area (Å²) in [6.07, 6.45) is 0.571. The molecule has 3 rings (SSSR count). The van der Waals surface area contributed by atoms with E-state index in [1.807, 2.05) is 38.1 Å². The van der Waals surface area contributed by atoms with Gasteiger partial charge in [-0.2, -0.15) is 4.31 Å². The number of hydrogen-bond acceptors (Lipinski definition) is 6. The molecule has 31 heavy (non-hydrogen) atoms. The van der Waals surface area contributed by atoms with Gasteiger partial charge >= 0.3 is 0 Å². The van der Waals surface area contributed by atoms with Gasteiger partial charge in [0.25, 0.3) is 0 Å². The average Bonchev–Trinajstić information content (AvgIpc) is 2.72. The highest BCUT2D eigenvalue weighted by Gasteiger charge is 2.35. The number of rotatable bonds is 7. The molecule has 0 spiro atoms. The van der Waals surface area contributed by atoms with E-state index in [-0.39, 0.29) is 17.5 Å². The molecule has 168 valence electrons. The minimum atomic E-state index is -3.90. The summed E-state index contributed by atoms with van der Waals surface area (Å²) in [6.45, 7) is 3.59. The molecule has 1 N–H and O–H groups in total. The minimum absolute atomic E-state index is 0.0120. The number of carbonyl (C=O) groups excluding carboxylic acids is 1. The van der Waals surface area contributed by atoms with E-state index in [0.717, 1.165) is 15.6 Å². The Morgan fingerprint density at radius 1 is 1.16 bits per heavy atom. The Morgan fingerprint density at radius 2 is 1.84 bits per heavy atom. The van der Waals surface area contributed by atoms with Crippen molar-refractivity contribution in [2.75, 3.05) is 27.8 Å². The number of para-hydroxylation sites is 1. The van der Waals surface area contributed by atoms with Crippen molar-refractivity contribution in [3.05, 3.63) is 48.0 Å². The molecule has 1 aliphatic rings. The van der Waals surface area contributed by atoms with Crippen molar-refractivity contribution in [2.45, 2.75) is 36.8 Å². The molecule has 1 amide bonds. The van der Waals surface area contributed by atoms with Crippen LogP contribution >= 0.6 is 0 Å². The monoisotopic (exact) mass is 448 g/mol. The molecule has 1 heterocycles. The quantitative estimate of drug-likeness (QED) is 0.700. The molecule has 0 radical (unpaired) electrons. The molecule has 1 unspecified atom stereocenters. The molecule has 9 heteroatoms. The van der Waals surface area contributed by atoms with Crippen LogP contribution in [-0.4, -0.2) is 52.0 Å². The van der Waals surface area contributed by atoms with Gasteiger partial charge in [-0.3, -0.25) is 4.79 Å². The van der Waals surface area contributed by atoms with Gasteiger partial charge < -0.3 is 19.5 Å². The van der Waals surface area contributed by atoms with Crippen LogP contribution in [0.3, 0.4) is 0 Å². The standard InChI is InChI=1S/C22H28N2O6S/c1-22(2)13-17(16-8-6-7-9-18(16)30-22)23-21(25)14-24(3)31(26,27)15-10-11-19(28-4)20(12-15)29-5/h6-12,17H,13-14H2,1-5H3,(H,23,25). The second kappa shape index (κ2) is 8.76. The molecule has 8 nitrogen and oxygen atoms in total. The molecule has 0 bridgehead atoms. The smallest absolute Gasteiger partial charge is 0.243 e. The molecule has 0 aromatic heterocycles. The van der Waals surface area contributed by atoms with Crippen molar-refractivity contribution in [1.82, 2.24) is 9.62 Å². The predicted molar refractivity (Wildman–Crippen MR) is 116 cm³/mol. The van der Waals surface area contributed by atoms with E-state index < -0.39 is 21.5 Å². The summed E-state index contributed by atoms with van der Waals surface area (Å²) in [4.78, 5) is 12.8. The number of carbonyl (C=O) groups is 1. The van der Waals surface area contributed by atoms with Crippen molar-refractivity contribution < 1.29 is 27.4 Å². The highest BCUT2D eigenvalue weighted by molar-refractivity contribution is 7.89. The van der Waals surface area contributed by atoms with Gasteiger partial charge in [0.15, 0.2) is 11.5 Å². The lowest BCUT2D eigenvalue weighted by Gasteiger charge is -2.38. The van der Waals surface area contributed by atoms with Gasteiger partial charge in [-0.1, -0.05) is 18.2 Å². The Balaban J connectivity index is 1.75. The number of fused-ring (bicyclic) bond motifs is 1. The van der Waals surface area contributed by atoms with Crippen molar-refractivity contribution in [3.8, 4) is 17.2 Å². The van der Waals surface area contributed by atoms with Crippen LogP contribution in [0.25, 0.3) is 0 Å². The maximum atomic E-state index is 13.0. The van der Waals surface area contributed by atoms with Crippen LogP contribution in [0.5, 0.6) is 17.2 Å². The Morgan fingerprint density at radius 3 is 2.52 bits per heavy atom. The first-order valence-corrected chi connectivity index (χ1v) is 11.3. The summed E-state index contributed by atoms with van der Waals surface area (Å²) < 4.78 is 43.3. The highest BCUT2D eigenvalue weighted by atomic mass is 32.2. The zero-order valence-corrected chi connectivity index (χ0v) is 19.2. The maximum absolute atomic E-state index is 13.0. The van der Waals surface area contributed by atoms with Crippen LogP contribution in [0, 0.1) is 0 Å². The number of benzene rings is 2. The third-order valence-electron chi connectivity index (χ3n) is 5.14. The van der Waals surface area contributed by atoms with Crippen LogP contribution in [0.1, 0.15) is 31.9 Å². The first kappa shape index (κ1) is 22.9. The van der Waals surface area contributed by atoms with Crippen molar-refractivity contribution in [1.29, 1.82) is 0 Å². The summed E-state index contributed by atoms with van der Waals surface area (Å²) in [7, 11) is 0.365. The van der Waals surface area contributed by atoms with Gasteiger partial charge in [0.2, 0.25) is 15.9 Å². The lowest BCUT2D eigenvalue weighted by molar-refractivity contribution is -0.122. The van der Waals surface area contributed by atoms with Gasteiger partial charge in [-0.05, 0) is 32.0 Å². The molecule has 2 aromatic carbocycles. The second-order valence-electron chi connectivity index (χ2n) is 8.00. The summed E-state index contributed by atoms with van der Waals surface area (Å²) in [6, 6.07) is 11.6. The third kappa shape index (κ3) is 4.94. The number of sulfonamides is 1. The summed E-state index contributed by atoms with van der Waals surface area (Å²) in [5.41, 5.74) is 0.421. The number of nitrogens with one attached hydrogen (secondary N) is 1. The molecular formula is C22H28N2O6S. The van der Waals surface area contributed by atoms with Crippen molar-refractivity contribution >= 4 is 15.9 Å². The SMILES string of the molecule is COc1ccc(S(=O)(=O)N(C)CC(=O)NC2CC(C)(C)Oc3ccccc32)cc1OC. The Labute approximate surface area is 183 Å². The fourth-order valence-corrected chi connectivity index (χ4v) is 4.76. The molecule has 0 saturated heterocycles. The van der Waals surface area contributed by atoms with E-state index in [1.165, 1.54) is 39.5 Å².